The molecule has 0 atom stereocenters. The van der Waals surface area contributed by atoms with Crippen molar-refractivity contribution >= 4 is 0 Å². The van der Waals surface area contributed by atoms with Crippen molar-refractivity contribution in [2.45, 2.75) is 39.5 Å². The average molecular weight is 310 g/mol. The van der Waals surface area contributed by atoms with Crippen LogP contribution in [0.15, 0.2) is 48.5 Å². The normalized spacial score (nSPS) is 14.4. The molecule has 0 radical (unpaired) electrons. The van der Waals surface area contributed by atoms with Crippen molar-refractivity contribution in [1.29, 1.82) is 0 Å². The lowest BCUT2D eigenvalue weighted by molar-refractivity contribution is 0.913. The third-order valence-corrected chi connectivity index (χ3v) is 5.91. The van der Waals surface area contributed by atoms with Crippen LogP contribution < -0.4 is 0 Å². The Bertz CT molecular complexity index is 894. The highest BCUT2D eigenvalue weighted by molar-refractivity contribution is 5.84. The minimum atomic E-state index is 1.17. The third-order valence-electron chi connectivity index (χ3n) is 5.91. The highest BCUT2D eigenvalue weighted by Gasteiger charge is 2.23. The second-order valence-electron chi connectivity index (χ2n) is 7.38. The number of hydrogen-bond acceptors (Lipinski definition) is 0. The number of rotatable bonds is 0. The molecular formula is C24H22. The molecule has 3 aromatic carbocycles. The van der Waals surface area contributed by atoms with Gasteiger partial charge in [0.15, 0.2) is 0 Å². The predicted molar refractivity (Wildman–Crippen MR) is 102 cm³/mol. The molecule has 2 aliphatic rings. The lowest BCUT2D eigenvalue weighted by atomic mass is 9.77. The van der Waals surface area contributed by atoms with Crippen LogP contribution in [-0.4, -0.2) is 0 Å². The van der Waals surface area contributed by atoms with Crippen LogP contribution in [-0.2, 0) is 25.7 Å². The lowest BCUT2D eigenvalue weighted by Crippen LogP contribution is -2.10. The first-order chi connectivity index (χ1) is 11.7. The van der Waals surface area contributed by atoms with Crippen LogP contribution >= 0.6 is 0 Å². The Morgan fingerprint density at radius 1 is 0.542 bits per heavy atom. The summed E-state index contributed by atoms with van der Waals surface area (Å²) in [6, 6.07) is 18.6. The van der Waals surface area contributed by atoms with Crippen LogP contribution in [0.1, 0.15) is 33.4 Å². The van der Waals surface area contributed by atoms with Crippen molar-refractivity contribution in [1.82, 2.24) is 0 Å². The monoisotopic (exact) mass is 310 g/mol. The fourth-order valence-electron chi connectivity index (χ4n) is 4.75. The minimum absolute atomic E-state index is 1.17. The van der Waals surface area contributed by atoms with E-state index in [-0.39, 0.29) is 0 Å². The van der Waals surface area contributed by atoms with E-state index < -0.39 is 0 Å². The van der Waals surface area contributed by atoms with Crippen molar-refractivity contribution < 1.29 is 0 Å². The van der Waals surface area contributed by atoms with E-state index in [9.17, 15) is 0 Å². The molecule has 0 N–H and O–H groups in total. The van der Waals surface area contributed by atoms with E-state index in [1.807, 2.05) is 0 Å². The van der Waals surface area contributed by atoms with Crippen LogP contribution in [0.3, 0.4) is 0 Å². The summed E-state index contributed by atoms with van der Waals surface area (Å²) in [6.07, 6.45) is 4.67. The molecule has 0 aromatic heterocycles. The van der Waals surface area contributed by atoms with Crippen molar-refractivity contribution in [3.8, 4) is 22.3 Å². The molecule has 2 aliphatic carbocycles. The zero-order valence-corrected chi connectivity index (χ0v) is 14.4. The SMILES string of the molecule is Cc1cccc2c1-c1cc3c(cc1CC2)-c1c(C)cccc1CC3. The highest BCUT2D eigenvalue weighted by atomic mass is 14.3. The maximum atomic E-state index is 2.50. The fourth-order valence-corrected chi connectivity index (χ4v) is 4.75. The van der Waals surface area contributed by atoms with E-state index in [4.69, 9.17) is 0 Å². The Morgan fingerprint density at radius 3 is 1.42 bits per heavy atom. The predicted octanol–water partition coefficient (Wildman–Crippen LogP) is 5.83. The molecule has 0 saturated carbocycles. The summed E-state index contributed by atoms with van der Waals surface area (Å²) in [4.78, 5) is 0. The Balaban J connectivity index is 1.78. The van der Waals surface area contributed by atoms with Crippen LogP contribution in [0.2, 0.25) is 0 Å². The molecule has 0 fully saturated rings. The zero-order chi connectivity index (χ0) is 16.3. The first kappa shape index (κ1) is 14.0. The van der Waals surface area contributed by atoms with Crippen molar-refractivity contribution in [2.24, 2.45) is 0 Å². The van der Waals surface area contributed by atoms with Crippen molar-refractivity contribution in [2.75, 3.05) is 0 Å². The van der Waals surface area contributed by atoms with Gasteiger partial charge in [-0.15, -0.1) is 0 Å². The van der Waals surface area contributed by atoms with E-state index in [1.54, 1.807) is 0 Å². The average Bonchev–Trinajstić information content (AvgIpc) is 2.60. The summed E-state index contributed by atoms with van der Waals surface area (Å²) < 4.78 is 0. The standard InChI is InChI=1S/C24H22/c1-15-5-3-7-17-9-11-19-14-22-20(13-21(19)23(15)17)12-10-18-8-4-6-16(2)24(18)22/h3-8,13-14H,9-12H2,1-2H3. The number of fused-ring (bicyclic) bond motifs is 6. The number of benzene rings is 3. The number of aryl methyl sites for hydroxylation is 6. The van der Waals surface area contributed by atoms with Gasteiger partial charge in [0.05, 0.1) is 0 Å². The molecule has 0 saturated heterocycles. The summed E-state index contributed by atoms with van der Waals surface area (Å²) in [7, 11) is 0. The smallest absolute Gasteiger partial charge is 0.0120 e. The van der Waals surface area contributed by atoms with Crippen molar-refractivity contribution in [3.05, 3.63) is 81.9 Å². The van der Waals surface area contributed by atoms with Gasteiger partial charge in [-0.1, -0.05) is 48.5 Å². The van der Waals surface area contributed by atoms with Gasteiger partial charge in [-0.05, 0) is 95.2 Å². The molecule has 24 heavy (non-hydrogen) atoms. The van der Waals surface area contributed by atoms with Crippen LogP contribution in [0.5, 0.6) is 0 Å². The Labute approximate surface area is 144 Å². The van der Waals surface area contributed by atoms with Crippen molar-refractivity contribution in [3.63, 3.8) is 0 Å². The van der Waals surface area contributed by atoms with Gasteiger partial charge in [-0.25, -0.2) is 0 Å². The van der Waals surface area contributed by atoms with E-state index in [0.29, 0.717) is 0 Å². The van der Waals surface area contributed by atoms with Gasteiger partial charge in [0.25, 0.3) is 0 Å². The molecular weight excluding hydrogens is 288 g/mol. The summed E-state index contributed by atoms with van der Waals surface area (Å²) >= 11 is 0. The summed E-state index contributed by atoms with van der Waals surface area (Å²) in [5, 5.41) is 0. The second kappa shape index (κ2) is 5.08. The van der Waals surface area contributed by atoms with Gasteiger partial charge >= 0.3 is 0 Å². The molecule has 118 valence electrons. The topological polar surface area (TPSA) is 0 Å². The zero-order valence-electron chi connectivity index (χ0n) is 14.4. The van der Waals surface area contributed by atoms with Gasteiger partial charge in [0.2, 0.25) is 0 Å². The van der Waals surface area contributed by atoms with Gasteiger partial charge in [0.1, 0.15) is 0 Å². The van der Waals surface area contributed by atoms with Crippen LogP contribution in [0, 0.1) is 13.8 Å². The van der Waals surface area contributed by atoms with Gasteiger partial charge < -0.3 is 0 Å². The molecule has 0 nitrogen and oxygen atoms in total. The maximum absolute atomic E-state index is 2.50. The molecule has 0 heteroatoms. The lowest BCUT2D eigenvalue weighted by Gasteiger charge is -2.28. The molecule has 3 aromatic rings. The largest absolute Gasteiger partial charge is 0.0617 e. The van der Waals surface area contributed by atoms with Gasteiger partial charge in [-0.3, -0.25) is 0 Å². The first-order valence-electron chi connectivity index (χ1n) is 9.06. The molecule has 5 rings (SSSR count). The molecule has 0 spiro atoms. The third kappa shape index (κ3) is 1.92. The first-order valence-corrected chi connectivity index (χ1v) is 9.06. The highest BCUT2D eigenvalue weighted by Crippen LogP contribution is 2.43. The summed E-state index contributed by atoms with van der Waals surface area (Å²) in [5.41, 5.74) is 14.9. The summed E-state index contributed by atoms with van der Waals surface area (Å²) in [6.45, 7) is 4.51. The Kier molecular flexibility index (Phi) is 2.97. The Morgan fingerprint density at radius 2 is 0.958 bits per heavy atom. The van der Waals surface area contributed by atoms with E-state index in [1.165, 1.54) is 81.3 Å². The quantitative estimate of drug-likeness (QED) is 0.489. The number of hydrogen-bond donors (Lipinski definition) is 0. The molecule has 0 heterocycles. The molecule has 0 aliphatic heterocycles. The molecule has 0 unspecified atom stereocenters. The van der Waals surface area contributed by atoms with E-state index in [0.717, 1.165) is 0 Å². The molecule has 0 bridgehead atoms. The fraction of sp³-hybridized carbons (Fsp3) is 0.250. The second-order valence-corrected chi connectivity index (χ2v) is 7.38. The minimum Gasteiger partial charge on any atom is -0.0617 e. The van der Waals surface area contributed by atoms with Crippen LogP contribution in [0.25, 0.3) is 22.3 Å². The maximum Gasteiger partial charge on any atom is -0.0120 e. The van der Waals surface area contributed by atoms with Gasteiger partial charge in [-0.2, -0.15) is 0 Å². The van der Waals surface area contributed by atoms with E-state index >= 15 is 0 Å². The Hall–Kier alpha value is -2.34. The molecule has 0 amide bonds. The van der Waals surface area contributed by atoms with Gasteiger partial charge in [0, 0.05) is 0 Å². The van der Waals surface area contributed by atoms with Crippen LogP contribution in [0.4, 0.5) is 0 Å². The summed E-state index contributed by atoms with van der Waals surface area (Å²) in [5.74, 6) is 0. The van der Waals surface area contributed by atoms with E-state index in [2.05, 4.69) is 62.4 Å².